The lowest BCUT2D eigenvalue weighted by Gasteiger charge is -2.20. The average molecular weight is 235 g/mol. The van der Waals surface area contributed by atoms with E-state index >= 15 is 0 Å². The Bertz CT molecular complexity index is 390. The summed E-state index contributed by atoms with van der Waals surface area (Å²) in [5, 5.41) is 14.7. The molecule has 4 N–H and O–H groups in total. The van der Waals surface area contributed by atoms with Crippen molar-refractivity contribution in [1.82, 2.24) is 0 Å². The Kier molecular flexibility index (Phi) is 3.99. The quantitative estimate of drug-likeness (QED) is 0.326. The van der Waals surface area contributed by atoms with Crippen LogP contribution in [0.15, 0.2) is 29.4 Å². The third kappa shape index (κ3) is 3.66. The molecule has 0 aliphatic rings. The normalized spacial score (nSPS) is 14.5. The summed E-state index contributed by atoms with van der Waals surface area (Å²) in [5.74, 6) is 0.171. The molecule has 1 unspecified atom stereocenters. The van der Waals surface area contributed by atoms with E-state index in [0.717, 1.165) is 5.69 Å². The summed E-state index contributed by atoms with van der Waals surface area (Å²) < 4.78 is 0. The molecule has 0 saturated heterocycles. The fourth-order valence-corrected chi connectivity index (χ4v) is 1.48. The summed E-state index contributed by atoms with van der Waals surface area (Å²) >= 11 is 0. The van der Waals surface area contributed by atoms with Gasteiger partial charge in [0.25, 0.3) is 0 Å². The highest BCUT2D eigenvalue weighted by Gasteiger charge is 2.13. The van der Waals surface area contributed by atoms with Crippen molar-refractivity contribution in [3.05, 3.63) is 29.8 Å². The molecule has 1 aromatic carbocycles. The Morgan fingerprint density at radius 1 is 1.29 bits per heavy atom. The van der Waals surface area contributed by atoms with E-state index < -0.39 is 0 Å². The van der Waals surface area contributed by atoms with Crippen LogP contribution in [0.3, 0.4) is 0 Å². The minimum Gasteiger partial charge on any atom is -0.409 e. The van der Waals surface area contributed by atoms with Gasteiger partial charge in [-0.25, -0.2) is 0 Å². The topological polar surface area (TPSA) is 70.6 Å². The van der Waals surface area contributed by atoms with Crippen LogP contribution >= 0.6 is 0 Å². The van der Waals surface area contributed by atoms with Crippen LogP contribution in [-0.2, 0) is 5.41 Å². The van der Waals surface area contributed by atoms with E-state index in [1.807, 2.05) is 19.1 Å². The van der Waals surface area contributed by atoms with Crippen molar-refractivity contribution in [1.29, 1.82) is 0 Å². The van der Waals surface area contributed by atoms with Gasteiger partial charge in [-0.3, -0.25) is 0 Å². The van der Waals surface area contributed by atoms with Crippen molar-refractivity contribution in [3.63, 3.8) is 0 Å². The highest BCUT2D eigenvalue weighted by Crippen LogP contribution is 2.23. The Morgan fingerprint density at radius 3 is 2.24 bits per heavy atom. The molecular formula is C13H21N3O. The minimum atomic E-state index is -0.194. The molecule has 0 bridgehead atoms. The Labute approximate surface area is 103 Å². The first kappa shape index (κ1) is 13.4. The number of benzene rings is 1. The van der Waals surface area contributed by atoms with Crippen LogP contribution in [0.5, 0.6) is 0 Å². The molecule has 0 aliphatic carbocycles. The maximum atomic E-state index is 8.56. The Balaban J connectivity index is 2.76. The van der Waals surface area contributed by atoms with Gasteiger partial charge in [0.1, 0.15) is 0 Å². The second-order valence-electron chi connectivity index (χ2n) is 5.22. The van der Waals surface area contributed by atoms with Gasteiger partial charge in [-0.15, -0.1) is 0 Å². The molecule has 17 heavy (non-hydrogen) atoms. The Hall–Kier alpha value is -1.71. The van der Waals surface area contributed by atoms with E-state index in [1.165, 1.54) is 5.56 Å². The van der Waals surface area contributed by atoms with Gasteiger partial charge in [0.05, 0.1) is 6.04 Å². The van der Waals surface area contributed by atoms with Gasteiger partial charge in [0.2, 0.25) is 0 Å². The predicted molar refractivity (Wildman–Crippen MR) is 71.6 cm³/mol. The maximum absolute atomic E-state index is 8.56. The molecule has 0 fully saturated rings. The summed E-state index contributed by atoms with van der Waals surface area (Å²) in [5.41, 5.74) is 7.88. The third-order valence-electron chi connectivity index (χ3n) is 2.69. The maximum Gasteiger partial charge on any atom is 0.161 e. The Morgan fingerprint density at radius 2 is 1.82 bits per heavy atom. The molecule has 0 spiro atoms. The van der Waals surface area contributed by atoms with Gasteiger partial charge in [-0.05, 0) is 30.0 Å². The van der Waals surface area contributed by atoms with E-state index in [9.17, 15) is 0 Å². The number of amidine groups is 1. The lowest BCUT2D eigenvalue weighted by Crippen LogP contribution is -2.32. The molecule has 1 rings (SSSR count). The first-order valence-corrected chi connectivity index (χ1v) is 5.69. The summed E-state index contributed by atoms with van der Waals surface area (Å²) in [7, 11) is 0. The summed E-state index contributed by atoms with van der Waals surface area (Å²) in [6.07, 6.45) is 0. The van der Waals surface area contributed by atoms with Crippen molar-refractivity contribution in [2.24, 2.45) is 10.9 Å². The lowest BCUT2D eigenvalue weighted by molar-refractivity contribution is 0.316. The fourth-order valence-electron chi connectivity index (χ4n) is 1.48. The second kappa shape index (κ2) is 5.08. The van der Waals surface area contributed by atoms with Crippen molar-refractivity contribution in [2.75, 3.05) is 5.32 Å². The van der Waals surface area contributed by atoms with Crippen LogP contribution in [-0.4, -0.2) is 17.1 Å². The van der Waals surface area contributed by atoms with Gasteiger partial charge in [-0.2, -0.15) is 0 Å². The molecule has 4 heteroatoms. The largest absolute Gasteiger partial charge is 0.409 e. The molecule has 0 amide bonds. The van der Waals surface area contributed by atoms with Crippen LogP contribution in [0.2, 0.25) is 0 Å². The number of nitrogens with two attached hydrogens (primary N) is 1. The van der Waals surface area contributed by atoms with Gasteiger partial charge in [0, 0.05) is 5.69 Å². The van der Waals surface area contributed by atoms with Crippen LogP contribution in [0.1, 0.15) is 33.3 Å². The zero-order valence-electron chi connectivity index (χ0n) is 10.9. The van der Waals surface area contributed by atoms with E-state index in [0.29, 0.717) is 0 Å². The van der Waals surface area contributed by atoms with Crippen LogP contribution < -0.4 is 11.1 Å². The standard InChI is InChI=1S/C13H21N3O/c1-9(12(14)16-17)15-11-7-5-10(6-8-11)13(2,3)4/h5-9,15,17H,1-4H3,(H2,14,16). The number of nitrogens with one attached hydrogen (secondary N) is 1. The highest BCUT2D eigenvalue weighted by atomic mass is 16.4. The first-order valence-electron chi connectivity index (χ1n) is 5.69. The SMILES string of the molecule is CC(Nc1ccc(C(C)(C)C)cc1)/C(N)=N/O. The van der Waals surface area contributed by atoms with Gasteiger partial charge >= 0.3 is 0 Å². The zero-order valence-corrected chi connectivity index (χ0v) is 10.9. The predicted octanol–water partition coefficient (Wildman–Crippen LogP) is 2.53. The van der Waals surface area contributed by atoms with E-state index in [4.69, 9.17) is 10.9 Å². The molecule has 0 aliphatic heterocycles. The number of hydrogen-bond donors (Lipinski definition) is 3. The number of oxime groups is 1. The molecule has 1 atom stereocenters. The number of nitrogens with zero attached hydrogens (tertiary/aromatic N) is 1. The summed E-state index contributed by atoms with van der Waals surface area (Å²) in [6.45, 7) is 8.37. The number of rotatable bonds is 3. The van der Waals surface area contributed by atoms with E-state index in [-0.39, 0.29) is 17.3 Å². The molecular weight excluding hydrogens is 214 g/mol. The van der Waals surface area contributed by atoms with Crippen LogP contribution in [0, 0.1) is 0 Å². The highest BCUT2D eigenvalue weighted by molar-refractivity contribution is 5.87. The average Bonchev–Trinajstić information content (AvgIpc) is 2.27. The van der Waals surface area contributed by atoms with E-state index in [2.05, 4.69) is 43.4 Å². The molecule has 1 aromatic rings. The van der Waals surface area contributed by atoms with Crippen molar-refractivity contribution in [2.45, 2.75) is 39.2 Å². The number of hydrogen-bond acceptors (Lipinski definition) is 3. The molecule has 0 radical (unpaired) electrons. The minimum absolute atomic E-state index is 0.149. The van der Waals surface area contributed by atoms with Crippen molar-refractivity contribution in [3.8, 4) is 0 Å². The van der Waals surface area contributed by atoms with Crippen molar-refractivity contribution >= 4 is 11.5 Å². The zero-order chi connectivity index (χ0) is 13.1. The molecule has 94 valence electrons. The molecule has 0 heterocycles. The first-order chi connectivity index (χ1) is 7.84. The van der Waals surface area contributed by atoms with Gasteiger partial charge in [0.15, 0.2) is 5.84 Å². The smallest absolute Gasteiger partial charge is 0.161 e. The second-order valence-corrected chi connectivity index (χ2v) is 5.22. The molecule has 4 nitrogen and oxygen atoms in total. The van der Waals surface area contributed by atoms with Crippen LogP contribution in [0.25, 0.3) is 0 Å². The molecule has 0 aromatic heterocycles. The van der Waals surface area contributed by atoms with Gasteiger partial charge in [-0.1, -0.05) is 38.1 Å². The summed E-state index contributed by atoms with van der Waals surface area (Å²) in [4.78, 5) is 0. The number of anilines is 1. The van der Waals surface area contributed by atoms with E-state index in [1.54, 1.807) is 0 Å². The summed E-state index contributed by atoms with van der Waals surface area (Å²) in [6, 6.07) is 7.98. The lowest BCUT2D eigenvalue weighted by atomic mass is 9.87. The molecule has 0 saturated carbocycles. The van der Waals surface area contributed by atoms with Gasteiger partial charge < -0.3 is 16.3 Å². The fraction of sp³-hybridized carbons (Fsp3) is 0.462. The van der Waals surface area contributed by atoms with Crippen LogP contribution in [0.4, 0.5) is 5.69 Å². The third-order valence-corrected chi connectivity index (χ3v) is 2.69. The van der Waals surface area contributed by atoms with Crippen molar-refractivity contribution < 1.29 is 5.21 Å². The monoisotopic (exact) mass is 235 g/mol.